The fraction of sp³-hybridized carbons (Fsp3) is 0.750. The first-order valence-electron chi connectivity index (χ1n) is 7.99. The average Bonchev–Trinajstić information content (AvgIpc) is 3.25. The summed E-state index contributed by atoms with van der Waals surface area (Å²) in [5.74, 6) is 1.59. The molecule has 1 aliphatic rings. The van der Waals surface area contributed by atoms with Crippen LogP contribution in [0, 0.1) is 5.92 Å². The van der Waals surface area contributed by atoms with Gasteiger partial charge in [0.2, 0.25) is 5.95 Å². The molecule has 0 bridgehead atoms. The Morgan fingerprint density at radius 3 is 2.55 bits per heavy atom. The molecular weight excluding hydrogens is 248 g/mol. The minimum absolute atomic E-state index is 0.676. The van der Waals surface area contributed by atoms with Crippen LogP contribution in [0.3, 0.4) is 0 Å². The van der Waals surface area contributed by atoms with Gasteiger partial charge in [-0.3, -0.25) is 0 Å². The second-order valence-corrected chi connectivity index (χ2v) is 6.19. The van der Waals surface area contributed by atoms with Gasteiger partial charge < -0.3 is 10.2 Å². The second-order valence-electron chi connectivity index (χ2n) is 6.19. The van der Waals surface area contributed by atoms with Gasteiger partial charge in [-0.25, -0.2) is 9.97 Å². The zero-order chi connectivity index (χ0) is 14.4. The maximum atomic E-state index is 4.57. The summed E-state index contributed by atoms with van der Waals surface area (Å²) in [6.07, 6.45) is 8.97. The Hall–Kier alpha value is -1.16. The van der Waals surface area contributed by atoms with Crippen LogP contribution in [0.25, 0.3) is 0 Å². The Balaban J connectivity index is 1.88. The van der Waals surface area contributed by atoms with E-state index in [1.54, 1.807) is 0 Å². The third kappa shape index (κ3) is 4.75. The first-order valence-corrected chi connectivity index (χ1v) is 7.99. The van der Waals surface area contributed by atoms with Crippen molar-refractivity contribution in [2.45, 2.75) is 59.0 Å². The van der Waals surface area contributed by atoms with E-state index in [2.05, 4.69) is 41.0 Å². The Morgan fingerprint density at radius 2 is 2.00 bits per heavy atom. The Labute approximate surface area is 123 Å². The van der Waals surface area contributed by atoms with E-state index in [0.29, 0.717) is 12.0 Å². The van der Waals surface area contributed by atoms with E-state index < -0.39 is 0 Å². The van der Waals surface area contributed by atoms with Crippen molar-refractivity contribution in [2.75, 3.05) is 18.0 Å². The predicted octanol–water partition coefficient (Wildman–Crippen LogP) is 2.99. The van der Waals surface area contributed by atoms with E-state index in [0.717, 1.165) is 25.6 Å². The van der Waals surface area contributed by atoms with Crippen molar-refractivity contribution >= 4 is 5.95 Å². The number of aromatic nitrogens is 2. The molecule has 1 aromatic heterocycles. The molecule has 20 heavy (non-hydrogen) atoms. The van der Waals surface area contributed by atoms with Gasteiger partial charge in [0.15, 0.2) is 0 Å². The lowest BCUT2D eigenvalue weighted by Crippen LogP contribution is -2.28. The van der Waals surface area contributed by atoms with Crippen LogP contribution in [-0.4, -0.2) is 29.1 Å². The predicted molar refractivity (Wildman–Crippen MR) is 83.9 cm³/mol. The first-order chi connectivity index (χ1) is 9.70. The minimum atomic E-state index is 0.676. The number of hydrogen-bond acceptors (Lipinski definition) is 4. The average molecular weight is 276 g/mol. The third-order valence-corrected chi connectivity index (χ3v) is 3.57. The lowest BCUT2D eigenvalue weighted by atomic mass is 10.2. The topological polar surface area (TPSA) is 41.1 Å². The fourth-order valence-electron chi connectivity index (χ4n) is 2.25. The molecule has 4 nitrogen and oxygen atoms in total. The first kappa shape index (κ1) is 15.2. The molecule has 4 heteroatoms. The highest BCUT2D eigenvalue weighted by atomic mass is 15.3. The molecule has 0 spiro atoms. The molecule has 0 unspecified atom stereocenters. The molecule has 2 rings (SSSR count). The van der Waals surface area contributed by atoms with E-state index in [1.165, 1.54) is 31.2 Å². The lowest BCUT2D eigenvalue weighted by molar-refractivity contribution is 0.551. The lowest BCUT2D eigenvalue weighted by Gasteiger charge is -2.22. The monoisotopic (exact) mass is 276 g/mol. The molecule has 0 amide bonds. The highest BCUT2D eigenvalue weighted by Gasteiger charge is 2.30. The molecule has 1 fully saturated rings. The molecule has 1 saturated carbocycles. The van der Waals surface area contributed by atoms with Gasteiger partial charge in [-0.15, -0.1) is 0 Å². The van der Waals surface area contributed by atoms with Crippen LogP contribution in [0.4, 0.5) is 5.95 Å². The highest BCUT2D eigenvalue weighted by molar-refractivity contribution is 5.34. The van der Waals surface area contributed by atoms with Gasteiger partial charge in [0, 0.05) is 37.1 Å². The van der Waals surface area contributed by atoms with E-state index in [1.807, 2.05) is 12.4 Å². The molecule has 1 aromatic rings. The van der Waals surface area contributed by atoms with Crippen molar-refractivity contribution in [3.05, 3.63) is 18.0 Å². The zero-order valence-corrected chi connectivity index (χ0v) is 13.1. The Kier molecular flexibility index (Phi) is 5.77. The summed E-state index contributed by atoms with van der Waals surface area (Å²) in [7, 11) is 0. The largest absolute Gasteiger partial charge is 0.338 e. The third-order valence-electron chi connectivity index (χ3n) is 3.57. The number of rotatable bonds is 9. The van der Waals surface area contributed by atoms with E-state index in [4.69, 9.17) is 0 Å². The van der Waals surface area contributed by atoms with E-state index in [-0.39, 0.29) is 0 Å². The molecule has 0 radical (unpaired) electrons. The van der Waals surface area contributed by atoms with Crippen molar-refractivity contribution in [3.63, 3.8) is 0 Å². The van der Waals surface area contributed by atoms with Crippen LogP contribution in [-0.2, 0) is 6.54 Å². The van der Waals surface area contributed by atoms with Crippen molar-refractivity contribution < 1.29 is 0 Å². The van der Waals surface area contributed by atoms with Crippen LogP contribution in [0.1, 0.15) is 52.0 Å². The maximum absolute atomic E-state index is 4.57. The van der Waals surface area contributed by atoms with E-state index in [9.17, 15) is 0 Å². The highest BCUT2D eigenvalue weighted by Crippen LogP contribution is 2.29. The number of hydrogen-bond donors (Lipinski definition) is 1. The smallest absolute Gasteiger partial charge is 0.225 e. The van der Waals surface area contributed by atoms with Crippen molar-refractivity contribution in [1.82, 2.24) is 15.3 Å². The van der Waals surface area contributed by atoms with Crippen LogP contribution in [0.2, 0.25) is 0 Å². The van der Waals surface area contributed by atoms with Gasteiger partial charge in [0.25, 0.3) is 0 Å². The molecule has 0 aromatic carbocycles. The summed E-state index contributed by atoms with van der Waals surface area (Å²) < 4.78 is 0. The van der Waals surface area contributed by atoms with Crippen molar-refractivity contribution in [1.29, 1.82) is 0 Å². The van der Waals surface area contributed by atoms with Gasteiger partial charge in [0.1, 0.15) is 0 Å². The van der Waals surface area contributed by atoms with Crippen molar-refractivity contribution in [3.8, 4) is 0 Å². The molecule has 1 aliphatic carbocycles. The summed E-state index contributed by atoms with van der Waals surface area (Å²) in [6.45, 7) is 9.65. The molecule has 0 aliphatic heterocycles. The van der Waals surface area contributed by atoms with Gasteiger partial charge in [-0.2, -0.15) is 0 Å². The summed E-state index contributed by atoms with van der Waals surface area (Å²) >= 11 is 0. The fourth-order valence-corrected chi connectivity index (χ4v) is 2.25. The maximum Gasteiger partial charge on any atom is 0.225 e. The number of nitrogens with zero attached hydrogens (tertiary/aromatic N) is 3. The van der Waals surface area contributed by atoms with E-state index >= 15 is 0 Å². The molecular formula is C16H28N4. The standard InChI is InChI=1S/C16H28N4/c1-4-5-8-20(15-6-7-15)16-18-11-14(12-19-16)10-17-9-13(2)3/h11-13,15,17H,4-10H2,1-3H3. The Bertz CT molecular complexity index is 384. The molecule has 112 valence electrons. The van der Waals surface area contributed by atoms with Crippen LogP contribution in [0.5, 0.6) is 0 Å². The summed E-state index contributed by atoms with van der Waals surface area (Å²) in [4.78, 5) is 11.5. The molecule has 0 saturated heterocycles. The Morgan fingerprint density at radius 1 is 1.30 bits per heavy atom. The zero-order valence-electron chi connectivity index (χ0n) is 13.1. The van der Waals surface area contributed by atoms with Crippen LogP contribution in [0.15, 0.2) is 12.4 Å². The minimum Gasteiger partial charge on any atom is -0.338 e. The SMILES string of the molecule is CCCCN(c1ncc(CNCC(C)C)cn1)C1CC1. The molecule has 0 atom stereocenters. The van der Waals surface area contributed by atoms with Crippen molar-refractivity contribution in [2.24, 2.45) is 5.92 Å². The summed E-state index contributed by atoms with van der Waals surface area (Å²) in [6, 6.07) is 0.687. The number of nitrogens with one attached hydrogen (secondary N) is 1. The van der Waals surface area contributed by atoms with Crippen LogP contribution < -0.4 is 10.2 Å². The normalized spacial score (nSPS) is 14.8. The molecule has 1 heterocycles. The quantitative estimate of drug-likeness (QED) is 0.753. The number of anilines is 1. The van der Waals surface area contributed by atoms with Gasteiger partial charge in [-0.05, 0) is 31.7 Å². The molecule has 1 N–H and O–H groups in total. The van der Waals surface area contributed by atoms with Gasteiger partial charge in [0.05, 0.1) is 0 Å². The number of unbranched alkanes of at least 4 members (excludes halogenated alkanes) is 1. The summed E-state index contributed by atoms with van der Waals surface area (Å²) in [5.41, 5.74) is 1.17. The van der Waals surface area contributed by atoms with Gasteiger partial charge in [-0.1, -0.05) is 27.2 Å². The van der Waals surface area contributed by atoms with Gasteiger partial charge >= 0.3 is 0 Å². The second kappa shape index (κ2) is 7.58. The summed E-state index contributed by atoms with van der Waals surface area (Å²) in [5, 5.41) is 3.43. The van der Waals surface area contributed by atoms with Crippen LogP contribution >= 0.6 is 0 Å².